The molecular weight excluding hydrogens is 314 g/mol. The van der Waals surface area contributed by atoms with Gasteiger partial charge in [0.25, 0.3) is 11.5 Å². The molecule has 0 spiro atoms. The van der Waals surface area contributed by atoms with E-state index in [1.165, 1.54) is 10.6 Å². The monoisotopic (exact) mass is 327 g/mol. The van der Waals surface area contributed by atoms with Gasteiger partial charge in [0.15, 0.2) is 0 Å². The second-order valence-electron chi connectivity index (χ2n) is 5.22. The number of rotatable bonds is 3. The van der Waals surface area contributed by atoms with Gasteiger partial charge in [-0.25, -0.2) is 4.98 Å². The first-order valence-corrected chi connectivity index (χ1v) is 7.43. The molecule has 0 aliphatic rings. The fraction of sp³-hybridized carbons (Fsp3) is 0.118. The molecular formula is C17H14ClN3O2. The Morgan fingerprint density at radius 3 is 2.70 bits per heavy atom. The van der Waals surface area contributed by atoms with Crippen LogP contribution in [0.4, 0.5) is 0 Å². The van der Waals surface area contributed by atoms with Crippen molar-refractivity contribution in [3.63, 3.8) is 0 Å². The molecule has 2 heterocycles. The van der Waals surface area contributed by atoms with E-state index in [4.69, 9.17) is 11.6 Å². The van der Waals surface area contributed by atoms with Crippen LogP contribution in [0.1, 0.15) is 21.5 Å². The molecule has 2 aromatic heterocycles. The Balaban J connectivity index is 1.84. The number of benzene rings is 1. The number of hydrogen-bond donors (Lipinski definition) is 1. The Morgan fingerprint density at radius 1 is 1.22 bits per heavy atom. The lowest BCUT2D eigenvalue weighted by Gasteiger charge is -2.07. The standard InChI is InChI=1S/C17H14ClN3O2/c1-11-2-7-15-19-9-14(17(23)21(15)10-11)16(22)20-8-12-3-5-13(18)6-4-12/h2-7,9-10H,8H2,1H3,(H,20,22). The van der Waals surface area contributed by atoms with E-state index in [0.717, 1.165) is 11.1 Å². The minimum atomic E-state index is -0.451. The molecule has 3 aromatic rings. The first-order valence-electron chi connectivity index (χ1n) is 7.05. The highest BCUT2D eigenvalue weighted by molar-refractivity contribution is 6.30. The summed E-state index contributed by atoms with van der Waals surface area (Å²) in [5, 5.41) is 3.35. The summed E-state index contributed by atoms with van der Waals surface area (Å²) >= 11 is 5.82. The van der Waals surface area contributed by atoms with Gasteiger partial charge in [-0.15, -0.1) is 0 Å². The van der Waals surface area contributed by atoms with Crippen LogP contribution in [0.2, 0.25) is 5.02 Å². The maximum atomic E-state index is 12.4. The van der Waals surface area contributed by atoms with E-state index < -0.39 is 5.91 Å². The van der Waals surface area contributed by atoms with E-state index in [-0.39, 0.29) is 11.1 Å². The summed E-state index contributed by atoms with van der Waals surface area (Å²) in [4.78, 5) is 28.8. The van der Waals surface area contributed by atoms with Gasteiger partial charge >= 0.3 is 0 Å². The van der Waals surface area contributed by atoms with Crippen LogP contribution in [0.5, 0.6) is 0 Å². The van der Waals surface area contributed by atoms with Crippen molar-refractivity contribution in [1.82, 2.24) is 14.7 Å². The van der Waals surface area contributed by atoms with Crippen LogP contribution in [0.25, 0.3) is 5.65 Å². The molecule has 3 rings (SSSR count). The number of halogens is 1. The van der Waals surface area contributed by atoms with Crippen LogP contribution in [-0.2, 0) is 6.54 Å². The molecule has 1 N–H and O–H groups in total. The molecule has 0 aliphatic heterocycles. The molecule has 0 atom stereocenters. The van der Waals surface area contributed by atoms with E-state index in [0.29, 0.717) is 17.2 Å². The average molecular weight is 328 g/mol. The third-order valence-corrected chi connectivity index (χ3v) is 3.71. The Kier molecular flexibility index (Phi) is 4.12. The minimum absolute atomic E-state index is 0.0158. The van der Waals surface area contributed by atoms with Gasteiger partial charge in [-0.05, 0) is 36.2 Å². The van der Waals surface area contributed by atoms with Crippen LogP contribution < -0.4 is 10.9 Å². The molecule has 0 saturated carbocycles. The SMILES string of the molecule is Cc1ccc2ncc(C(=O)NCc3ccc(Cl)cc3)c(=O)n2c1. The second kappa shape index (κ2) is 6.22. The Hall–Kier alpha value is -2.66. The number of aromatic nitrogens is 2. The summed E-state index contributed by atoms with van der Waals surface area (Å²) in [6.45, 7) is 2.19. The summed E-state index contributed by atoms with van der Waals surface area (Å²) in [6, 6.07) is 10.7. The fourth-order valence-corrected chi connectivity index (χ4v) is 2.34. The topological polar surface area (TPSA) is 63.5 Å². The molecule has 0 unspecified atom stereocenters. The molecule has 5 nitrogen and oxygen atoms in total. The fourth-order valence-electron chi connectivity index (χ4n) is 2.22. The number of aryl methyl sites for hydroxylation is 1. The Morgan fingerprint density at radius 2 is 1.96 bits per heavy atom. The van der Waals surface area contributed by atoms with Crippen molar-refractivity contribution in [2.45, 2.75) is 13.5 Å². The van der Waals surface area contributed by atoms with Gasteiger partial charge in [-0.2, -0.15) is 0 Å². The summed E-state index contributed by atoms with van der Waals surface area (Å²) < 4.78 is 1.38. The highest BCUT2D eigenvalue weighted by Gasteiger charge is 2.13. The maximum absolute atomic E-state index is 12.4. The highest BCUT2D eigenvalue weighted by Crippen LogP contribution is 2.09. The lowest BCUT2D eigenvalue weighted by Crippen LogP contribution is -2.31. The molecule has 0 aliphatic carbocycles. The van der Waals surface area contributed by atoms with Crippen molar-refractivity contribution < 1.29 is 4.79 Å². The molecule has 6 heteroatoms. The smallest absolute Gasteiger partial charge is 0.270 e. The molecule has 1 aromatic carbocycles. The minimum Gasteiger partial charge on any atom is -0.348 e. The van der Waals surface area contributed by atoms with E-state index in [9.17, 15) is 9.59 Å². The third-order valence-electron chi connectivity index (χ3n) is 3.46. The molecule has 1 amide bonds. The first-order chi connectivity index (χ1) is 11.0. The van der Waals surface area contributed by atoms with Gasteiger partial charge in [0.05, 0.1) is 0 Å². The largest absolute Gasteiger partial charge is 0.348 e. The van der Waals surface area contributed by atoms with Gasteiger partial charge in [-0.3, -0.25) is 14.0 Å². The van der Waals surface area contributed by atoms with Gasteiger partial charge in [0.1, 0.15) is 11.2 Å². The molecule has 116 valence electrons. The molecule has 23 heavy (non-hydrogen) atoms. The highest BCUT2D eigenvalue weighted by atomic mass is 35.5. The van der Waals surface area contributed by atoms with Gasteiger partial charge in [-0.1, -0.05) is 29.8 Å². The summed E-state index contributed by atoms with van der Waals surface area (Å²) in [5.41, 5.74) is 1.96. The lowest BCUT2D eigenvalue weighted by atomic mass is 10.2. The van der Waals surface area contributed by atoms with Crippen LogP contribution >= 0.6 is 11.6 Å². The van der Waals surface area contributed by atoms with Crippen LogP contribution in [-0.4, -0.2) is 15.3 Å². The third kappa shape index (κ3) is 3.24. The van der Waals surface area contributed by atoms with Crippen LogP contribution in [0, 0.1) is 6.92 Å². The van der Waals surface area contributed by atoms with Crippen molar-refractivity contribution >= 4 is 23.2 Å². The molecule has 0 fully saturated rings. The number of carbonyl (C=O) groups excluding carboxylic acids is 1. The van der Waals surface area contributed by atoms with Crippen molar-refractivity contribution in [3.8, 4) is 0 Å². The van der Waals surface area contributed by atoms with Crippen LogP contribution in [0.15, 0.2) is 53.6 Å². The predicted octanol–water partition coefficient (Wildman–Crippen LogP) is 2.59. The van der Waals surface area contributed by atoms with Crippen molar-refractivity contribution in [2.24, 2.45) is 0 Å². The lowest BCUT2D eigenvalue weighted by molar-refractivity contribution is 0.0949. The Labute approximate surface area is 137 Å². The van der Waals surface area contributed by atoms with E-state index in [1.807, 2.05) is 25.1 Å². The average Bonchev–Trinajstić information content (AvgIpc) is 2.55. The molecule has 0 saturated heterocycles. The second-order valence-corrected chi connectivity index (χ2v) is 5.66. The van der Waals surface area contributed by atoms with E-state index in [1.54, 1.807) is 24.4 Å². The number of amides is 1. The summed E-state index contributed by atoms with van der Waals surface area (Å²) in [6.07, 6.45) is 2.98. The number of hydrogen-bond acceptors (Lipinski definition) is 3. The van der Waals surface area contributed by atoms with Crippen molar-refractivity contribution in [3.05, 3.63) is 80.9 Å². The van der Waals surface area contributed by atoms with Gasteiger partial charge < -0.3 is 5.32 Å². The number of nitrogens with one attached hydrogen (secondary N) is 1. The summed E-state index contributed by atoms with van der Waals surface area (Å²) in [5.74, 6) is -0.451. The predicted molar refractivity (Wildman–Crippen MR) is 88.8 cm³/mol. The number of pyridine rings is 1. The van der Waals surface area contributed by atoms with Gasteiger partial charge in [0, 0.05) is 24.0 Å². The maximum Gasteiger partial charge on any atom is 0.270 e. The first kappa shape index (κ1) is 15.2. The van der Waals surface area contributed by atoms with E-state index >= 15 is 0 Å². The van der Waals surface area contributed by atoms with Gasteiger partial charge in [0.2, 0.25) is 0 Å². The normalized spacial score (nSPS) is 10.7. The quantitative estimate of drug-likeness (QED) is 0.804. The molecule has 0 radical (unpaired) electrons. The molecule has 0 bridgehead atoms. The number of fused-ring (bicyclic) bond motifs is 1. The zero-order valence-corrected chi connectivity index (χ0v) is 13.2. The van der Waals surface area contributed by atoms with Crippen LogP contribution in [0.3, 0.4) is 0 Å². The Bertz CT molecular complexity index is 933. The van der Waals surface area contributed by atoms with Crippen molar-refractivity contribution in [1.29, 1.82) is 0 Å². The zero-order valence-electron chi connectivity index (χ0n) is 12.4. The summed E-state index contributed by atoms with van der Waals surface area (Å²) in [7, 11) is 0. The van der Waals surface area contributed by atoms with E-state index in [2.05, 4.69) is 10.3 Å². The number of carbonyl (C=O) groups is 1. The zero-order chi connectivity index (χ0) is 16.4. The van der Waals surface area contributed by atoms with Crippen molar-refractivity contribution in [2.75, 3.05) is 0 Å². The number of nitrogens with zero attached hydrogens (tertiary/aromatic N) is 2.